The van der Waals surface area contributed by atoms with Crippen molar-refractivity contribution in [1.29, 1.82) is 0 Å². The van der Waals surface area contributed by atoms with Crippen molar-refractivity contribution in [1.82, 2.24) is 4.98 Å². The van der Waals surface area contributed by atoms with Crippen LogP contribution in [0.1, 0.15) is 5.56 Å². The highest BCUT2D eigenvalue weighted by Gasteiger charge is 2.06. The third-order valence-electron chi connectivity index (χ3n) is 3.11. The highest BCUT2D eigenvalue weighted by Crippen LogP contribution is 2.30. The van der Waals surface area contributed by atoms with Gasteiger partial charge in [-0.3, -0.25) is 0 Å². The van der Waals surface area contributed by atoms with Crippen LogP contribution in [0.25, 0.3) is 22.2 Å². The van der Waals surface area contributed by atoms with Gasteiger partial charge in [-0.25, -0.2) is 0 Å². The molecule has 18 heavy (non-hydrogen) atoms. The predicted octanol–water partition coefficient (Wildman–Crippen LogP) is 5.45. The van der Waals surface area contributed by atoms with Gasteiger partial charge in [0.2, 0.25) is 0 Å². The minimum Gasteiger partial charge on any atom is -0.355 e. The average molecular weight is 276 g/mol. The molecule has 0 radical (unpaired) electrons. The second-order valence-corrected chi connectivity index (χ2v) is 5.16. The SMILES string of the molecule is Cc1cccc2[nH]c(-c3ccc(Cl)c(Cl)c3)cc12. The van der Waals surface area contributed by atoms with E-state index in [2.05, 4.69) is 30.1 Å². The summed E-state index contributed by atoms with van der Waals surface area (Å²) >= 11 is 12.0. The van der Waals surface area contributed by atoms with Crippen molar-refractivity contribution in [3.63, 3.8) is 0 Å². The van der Waals surface area contributed by atoms with Gasteiger partial charge < -0.3 is 4.98 Å². The zero-order valence-corrected chi connectivity index (χ0v) is 11.3. The molecular formula is C15H11Cl2N. The molecule has 90 valence electrons. The number of rotatable bonds is 1. The summed E-state index contributed by atoms with van der Waals surface area (Å²) < 4.78 is 0. The molecule has 0 unspecified atom stereocenters. The molecule has 3 rings (SSSR count). The van der Waals surface area contributed by atoms with Gasteiger partial charge >= 0.3 is 0 Å². The van der Waals surface area contributed by atoms with Crippen molar-refractivity contribution in [2.45, 2.75) is 6.92 Å². The van der Waals surface area contributed by atoms with Crippen LogP contribution in [0.15, 0.2) is 42.5 Å². The summed E-state index contributed by atoms with van der Waals surface area (Å²) in [5.41, 5.74) is 4.49. The number of benzene rings is 2. The number of hydrogen-bond acceptors (Lipinski definition) is 0. The monoisotopic (exact) mass is 275 g/mol. The van der Waals surface area contributed by atoms with Crippen LogP contribution in [0.4, 0.5) is 0 Å². The lowest BCUT2D eigenvalue weighted by Gasteiger charge is -2.00. The van der Waals surface area contributed by atoms with Crippen molar-refractivity contribution < 1.29 is 0 Å². The lowest BCUT2D eigenvalue weighted by atomic mass is 10.1. The number of hydrogen-bond donors (Lipinski definition) is 1. The van der Waals surface area contributed by atoms with Gasteiger partial charge in [0.15, 0.2) is 0 Å². The van der Waals surface area contributed by atoms with E-state index in [1.165, 1.54) is 10.9 Å². The number of aryl methyl sites for hydroxylation is 1. The standard InChI is InChI=1S/C15H11Cl2N/c1-9-3-2-4-14-11(9)8-15(18-14)10-5-6-12(16)13(17)7-10/h2-8,18H,1H3. The maximum Gasteiger partial charge on any atom is 0.0599 e. The summed E-state index contributed by atoms with van der Waals surface area (Å²) in [5, 5.41) is 2.39. The van der Waals surface area contributed by atoms with E-state index in [1.54, 1.807) is 0 Å². The summed E-state index contributed by atoms with van der Waals surface area (Å²) in [5.74, 6) is 0. The third-order valence-corrected chi connectivity index (χ3v) is 3.85. The molecule has 0 fully saturated rings. The number of aromatic amines is 1. The van der Waals surface area contributed by atoms with Gasteiger partial charge in [-0.15, -0.1) is 0 Å². The zero-order chi connectivity index (χ0) is 12.7. The Morgan fingerprint density at radius 3 is 2.50 bits per heavy atom. The van der Waals surface area contributed by atoms with Crippen LogP contribution >= 0.6 is 23.2 Å². The molecule has 3 heteroatoms. The molecular weight excluding hydrogens is 265 g/mol. The summed E-state index contributed by atoms with van der Waals surface area (Å²) in [6.07, 6.45) is 0. The molecule has 0 bridgehead atoms. The van der Waals surface area contributed by atoms with Crippen molar-refractivity contribution >= 4 is 34.1 Å². The first-order chi connectivity index (χ1) is 8.65. The second-order valence-electron chi connectivity index (χ2n) is 4.35. The lowest BCUT2D eigenvalue weighted by molar-refractivity contribution is 1.45. The van der Waals surface area contributed by atoms with Gasteiger partial charge in [-0.05, 0) is 42.3 Å². The molecule has 0 atom stereocenters. The van der Waals surface area contributed by atoms with E-state index in [4.69, 9.17) is 23.2 Å². The van der Waals surface area contributed by atoms with Gasteiger partial charge in [0, 0.05) is 16.6 Å². The Hall–Kier alpha value is -1.44. The first-order valence-electron chi connectivity index (χ1n) is 5.69. The Morgan fingerprint density at radius 2 is 1.78 bits per heavy atom. The fraction of sp³-hybridized carbons (Fsp3) is 0.0667. The zero-order valence-electron chi connectivity index (χ0n) is 9.80. The maximum absolute atomic E-state index is 6.05. The molecule has 0 spiro atoms. The molecule has 1 aromatic heterocycles. The summed E-state index contributed by atoms with van der Waals surface area (Å²) in [6.45, 7) is 2.11. The van der Waals surface area contributed by atoms with E-state index < -0.39 is 0 Å². The Balaban J connectivity index is 2.19. The van der Waals surface area contributed by atoms with E-state index >= 15 is 0 Å². The highest BCUT2D eigenvalue weighted by molar-refractivity contribution is 6.42. The summed E-state index contributed by atoms with van der Waals surface area (Å²) in [7, 11) is 0. The number of H-pyrrole nitrogens is 1. The van der Waals surface area contributed by atoms with Crippen LogP contribution < -0.4 is 0 Å². The lowest BCUT2D eigenvalue weighted by Crippen LogP contribution is -1.77. The molecule has 3 aromatic rings. The van der Waals surface area contributed by atoms with Crippen LogP contribution in [0.2, 0.25) is 10.0 Å². The topological polar surface area (TPSA) is 15.8 Å². The maximum atomic E-state index is 6.05. The van der Waals surface area contributed by atoms with Crippen molar-refractivity contribution in [3.8, 4) is 11.3 Å². The van der Waals surface area contributed by atoms with Crippen LogP contribution in [-0.4, -0.2) is 4.98 Å². The molecule has 0 saturated carbocycles. The Bertz CT molecular complexity index is 728. The van der Waals surface area contributed by atoms with Crippen LogP contribution in [0.5, 0.6) is 0 Å². The number of nitrogens with one attached hydrogen (secondary N) is 1. The van der Waals surface area contributed by atoms with E-state index in [0.29, 0.717) is 10.0 Å². The van der Waals surface area contributed by atoms with Crippen LogP contribution in [-0.2, 0) is 0 Å². The Labute approximate surface area is 115 Å². The number of fused-ring (bicyclic) bond motifs is 1. The molecule has 0 amide bonds. The van der Waals surface area contributed by atoms with Gasteiger partial charge in [-0.2, -0.15) is 0 Å². The molecule has 0 aliphatic carbocycles. The van der Waals surface area contributed by atoms with E-state index in [1.807, 2.05) is 24.3 Å². The van der Waals surface area contributed by atoms with Gasteiger partial charge in [0.1, 0.15) is 0 Å². The number of aromatic nitrogens is 1. The normalized spacial score (nSPS) is 11.1. The fourth-order valence-corrected chi connectivity index (χ4v) is 2.42. The first-order valence-corrected chi connectivity index (χ1v) is 6.44. The molecule has 1 N–H and O–H groups in total. The largest absolute Gasteiger partial charge is 0.355 e. The minimum absolute atomic E-state index is 0.574. The average Bonchev–Trinajstić information content (AvgIpc) is 2.78. The third kappa shape index (κ3) is 1.90. The van der Waals surface area contributed by atoms with E-state index in [-0.39, 0.29) is 0 Å². The number of halogens is 2. The van der Waals surface area contributed by atoms with Crippen LogP contribution in [0, 0.1) is 6.92 Å². The molecule has 1 heterocycles. The second kappa shape index (κ2) is 4.34. The van der Waals surface area contributed by atoms with Crippen molar-refractivity contribution in [2.75, 3.05) is 0 Å². The van der Waals surface area contributed by atoms with Crippen molar-refractivity contribution in [2.24, 2.45) is 0 Å². The molecule has 0 saturated heterocycles. The summed E-state index contributed by atoms with van der Waals surface area (Å²) in [4.78, 5) is 3.40. The minimum atomic E-state index is 0.574. The Morgan fingerprint density at radius 1 is 0.944 bits per heavy atom. The van der Waals surface area contributed by atoms with E-state index in [9.17, 15) is 0 Å². The smallest absolute Gasteiger partial charge is 0.0599 e. The van der Waals surface area contributed by atoms with Gasteiger partial charge in [0.25, 0.3) is 0 Å². The quantitative estimate of drug-likeness (QED) is 0.608. The van der Waals surface area contributed by atoms with Gasteiger partial charge in [0.05, 0.1) is 10.0 Å². The van der Waals surface area contributed by atoms with Gasteiger partial charge in [-0.1, -0.05) is 41.4 Å². The fourth-order valence-electron chi connectivity index (χ4n) is 2.13. The Kier molecular flexibility index (Phi) is 2.81. The predicted molar refractivity (Wildman–Crippen MR) is 78.5 cm³/mol. The molecule has 1 nitrogen and oxygen atoms in total. The molecule has 0 aliphatic rings. The van der Waals surface area contributed by atoms with Crippen LogP contribution in [0.3, 0.4) is 0 Å². The van der Waals surface area contributed by atoms with Crippen molar-refractivity contribution in [3.05, 3.63) is 58.1 Å². The molecule has 0 aliphatic heterocycles. The first kappa shape index (κ1) is 11.6. The van der Waals surface area contributed by atoms with E-state index in [0.717, 1.165) is 16.8 Å². The highest BCUT2D eigenvalue weighted by atomic mass is 35.5. The molecule has 2 aromatic carbocycles. The summed E-state index contributed by atoms with van der Waals surface area (Å²) in [6, 6.07) is 14.0.